The molecule has 526 valence electrons. The van der Waals surface area contributed by atoms with Gasteiger partial charge in [0.25, 0.3) is 22.7 Å². The number of aromatic amines is 3. The quantitative estimate of drug-likeness (QED) is 0.0202. The van der Waals surface area contributed by atoms with Gasteiger partial charge in [0, 0.05) is 61.2 Å². The number of hydrogen-bond acceptors (Lipinski definition) is 26. The molecule has 0 saturated heterocycles. The lowest BCUT2D eigenvalue weighted by atomic mass is 10.1. The number of esters is 3. The van der Waals surface area contributed by atoms with Gasteiger partial charge in [-0.05, 0) is 142 Å². The minimum Gasteiger partial charge on any atom is -0.461 e. The second-order valence-corrected chi connectivity index (χ2v) is 17.0. The van der Waals surface area contributed by atoms with Crippen LogP contribution in [0.15, 0.2) is 119 Å². The highest BCUT2D eigenvalue weighted by molar-refractivity contribution is 6.11. The molecule has 36 heteroatoms. The van der Waals surface area contributed by atoms with E-state index in [0.717, 1.165) is 38.9 Å². The third-order valence-corrected chi connectivity index (χ3v) is 10.2. The Kier molecular flexibility index (Phi) is 54.2. The van der Waals surface area contributed by atoms with Crippen LogP contribution in [0.2, 0.25) is 0 Å². The minimum atomic E-state index is -0.504. The van der Waals surface area contributed by atoms with Crippen molar-refractivity contribution in [2.75, 3.05) is 24.9 Å². The number of carbonyl (C=O) groups is 4. The molecule has 0 unspecified atom stereocenters. The Morgan fingerprint density at radius 3 is 1.29 bits per heavy atom. The van der Waals surface area contributed by atoms with E-state index < -0.39 is 10.8 Å². The molecule has 9 aromatic rings. The van der Waals surface area contributed by atoms with Gasteiger partial charge >= 0.3 is 48.7 Å². The van der Waals surface area contributed by atoms with Gasteiger partial charge in [0.2, 0.25) is 0 Å². The molecule has 0 atom stereocenters. The summed E-state index contributed by atoms with van der Waals surface area (Å²) in [7, 11) is 0. The number of nitro groups is 1. The number of nitrogen functional groups attached to an aromatic ring is 2. The molecule has 0 aliphatic heterocycles. The van der Waals surface area contributed by atoms with Gasteiger partial charge in [-0.2, -0.15) is 47.9 Å². The van der Waals surface area contributed by atoms with E-state index in [-0.39, 0.29) is 109 Å². The number of non-ortho nitro benzene ring substituents is 1. The predicted molar refractivity (Wildman–Crippen MR) is 347 cm³/mol. The average molecular weight is 1380 g/mol. The lowest BCUT2D eigenvalue weighted by Gasteiger charge is -2.06. The van der Waals surface area contributed by atoms with E-state index >= 15 is 0 Å². The number of halogens is 1. The van der Waals surface area contributed by atoms with Crippen LogP contribution < -0.4 is 33.8 Å². The fraction of sp³-hybridized carbons (Fsp3) is 0.262. The lowest BCUT2D eigenvalue weighted by Crippen LogP contribution is -2.20. The SMILES string of the molecule is C.C.C.C.C.CC(=O)OCc1cccc(-c2nn3cc(C)cc3c(=O)[nH]2)c1.CCOC(=O)c1cc(C)c[nH]1.CCOC(=O)c1cc(C)cn1N.Cc1cc(C(N)=O)n(N)c1.Cc1cc2c(=O)[nH]c(-c3ccc([N+](=O)[O-])cc3)nn2c1.NCl.O=C=O.O=C=O.O=C=O.O=C=O.O=C=O. The van der Waals surface area contributed by atoms with Crippen molar-refractivity contribution in [2.24, 2.45) is 11.0 Å². The molecule has 0 spiro atoms. The molecule has 1 amide bonds. The monoisotopic (exact) mass is 1380 g/mol. The summed E-state index contributed by atoms with van der Waals surface area (Å²) in [4.78, 5) is 167. The first-order valence-electron chi connectivity index (χ1n) is 25.2. The Balaban J connectivity index is -0.000000199. The van der Waals surface area contributed by atoms with Gasteiger partial charge in [0.1, 0.15) is 34.7 Å². The van der Waals surface area contributed by atoms with Crippen molar-refractivity contribution in [1.82, 2.24) is 43.5 Å². The summed E-state index contributed by atoms with van der Waals surface area (Å²) < 4.78 is 20.1. The van der Waals surface area contributed by atoms with Crippen molar-refractivity contribution in [3.8, 4) is 22.8 Å². The summed E-state index contributed by atoms with van der Waals surface area (Å²) in [5.74, 6) is 10.2. The number of nitrogens with two attached hydrogens (primary N) is 4. The third kappa shape index (κ3) is 36.1. The molecule has 0 aliphatic carbocycles. The average Bonchev–Trinajstić information content (AvgIpc) is 1.75. The standard InChI is InChI=1S/C16H15N3O3.C13H10N4O3.C8H12N2O2.C8H11NO2.C6H9N3O.5CO2.5CH4.ClH2N/c1-10-6-14-16(21)17-15(18-19(14)8-10)13-5-3-4-12(7-13)9-22-11(2)20;1-8-6-11-13(18)14-12(15-16(11)7-8)9-2-4-10(5-3-9)17(19)20;1-3-12-8(11)7-4-6(2)5-10(7)9;1-3-11-8(10)7-4-6(2)5-9-7;1-4-2-5(6(7)10)9(8)3-4;5*2-1-3;;;;;;1-2/h3-8H,9H2,1-2H3,(H,17,18,21);2-7H,1H3,(H,14,15,18);4-5H,3,9H2,1-2H3;4-5,9H,3H2,1-2H3;2-3H,8H2,1H3,(H2,7,10);;;;;;5*1H4;2H2. The Hall–Kier alpha value is -12.8. The van der Waals surface area contributed by atoms with E-state index in [9.17, 15) is 38.9 Å². The van der Waals surface area contributed by atoms with Crippen molar-refractivity contribution < 1.29 is 86.3 Å². The maximum absolute atomic E-state index is 12.1. The van der Waals surface area contributed by atoms with Crippen LogP contribution in [0.1, 0.15) is 123 Å². The van der Waals surface area contributed by atoms with Crippen molar-refractivity contribution in [3.63, 3.8) is 0 Å². The summed E-state index contributed by atoms with van der Waals surface area (Å²) in [6.07, 6.45) is 9.88. The number of nitro benzene ring substituents is 1. The fourth-order valence-electron chi connectivity index (χ4n) is 6.90. The van der Waals surface area contributed by atoms with E-state index in [1.807, 2.05) is 58.9 Å². The zero-order chi connectivity index (χ0) is 70.6. The fourth-order valence-corrected chi connectivity index (χ4v) is 6.90. The number of carbonyl (C=O) groups excluding carboxylic acids is 14. The number of aryl methyl sites for hydroxylation is 5. The smallest absolute Gasteiger partial charge is 0.373 e. The first kappa shape index (κ1) is 97.7. The van der Waals surface area contributed by atoms with Gasteiger partial charge in [-0.1, -0.05) is 55.3 Å². The van der Waals surface area contributed by atoms with Gasteiger partial charge in [-0.3, -0.25) is 38.6 Å². The van der Waals surface area contributed by atoms with Crippen molar-refractivity contribution in [1.29, 1.82) is 0 Å². The van der Waals surface area contributed by atoms with E-state index in [2.05, 4.69) is 42.2 Å². The molecule has 97 heavy (non-hydrogen) atoms. The second-order valence-electron chi connectivity index (χ2n) is 17.0. The third-order valence-electron chi connectivity index (χ3n) is 10.2. The van der Waals surface area contributed by atoms with Gasteiger partial charge < -0.3 is 46.6 Å². The number of amides is 1. The summed E-state index contributed by atoms with van der Waals surface area (Å²) >= 11 is 4.14. The molecular weight excluding hydrogens is 1300 g/mol. The molecule has 35 nitrogen and oxygen atoms in total. The number of primary amides is 1. The maximum atomic E-state index is 12.1. The number of nitrogens with zero attached hydrogens (tertiary/aromatic N) is 7. The highest BCUT2D eigenvalue weighted by Gasteiger charge is 2.13. The van der Waals surface area contributed by atoms with Crippen LogP contribution in [0.5, 0.6) is 0 Å². The van der Waals surface area contributed by atoms with E-state index in [4.69, 9.17) is 79.6 Å². The topological polar surface area (TPSA) is 540 Å². The lowest BCUT2D eigenvalue weighted by molar-refractivity contribution is -0.384. The number of benzene rings is 2. The van der Waals surface area contributed by atoms with Crippen LogP contribution >= 0.6 is 11.8 Å². The normalized spacial score (nSPS) is 8.47. The highest BCUT2D eigenvalue weighted by Crippen LogP contribution is 2.20. The van der Waals surface area contributed by atoms with Gasteiger partial charge in [-0.15, -0.1) is 10.2 Å². The van der Waals surface area contributed by atoms with Gasteiger partial charge in [-0.25, -0.2) is 23.9 Å². The summed E-state index contributed by atoms with van der Waals surface area (Å²) in [6.45, 7) is 15.3. The number of aromatic nitrogens is 9. The van der Waals surface area contributed by atoms with Crippen molar-refractivity contribution in [2.45, 2.75) is 99.1 Å². The largest absolute Gasteiger partial charge is 0.461 e. The van der Waals surface area contributed by atoms with Crippen LogP contribution in [0, 0.1) is 44.7 Å². The number of H-pyrrole nitrogens is 3. The second kappa shape index (κ2) is 53.8. The molecule has 7 aromatic heterocycles. The summed E-state index contributed by atoms with van der Waals surface area (Å²) in [5, 5.41) is 23.3. The molecule has 9 rings (SSSR count). The maximum Gasteiger partial charge on any atom is 0.373 e. The van der Waals surface area contributed by atoms with Crippen LogP contribution in [0.25, 0.3) is 33.8 Å². The molecule has 2 aromatic carbocycles. The number of rotatable bonds is 10. The number of fused-ring (bicyclic) bond motifs is 2. The van der Waals surface area contributed by atoms with Gasteiger partial charge in [0.15, 0.2) is 11.6 Å². The van der Waals surface area contributed by atoms with Crippen LogP contribution in [-0.2, 0) is 73.6 Å². The van der Waals surface area contributed by atoms with Crippen LogP contribution in [0.3, 0.4) is 0 Å². The number of hydrogen-bond donors (Lipinski definition) is 7. The Morgan fingerprint density at radius 2 is 0.948 bits per heavy atom. The molecule has 0 saturated carbocycles. The molecule has 11 N–H and O–H groups in total. The van der Waals surface area contributed by atoms with Crippen molar-refractivity contribution >= 4 is 83.1 Å². The summed E-state index contributed by atoms with van der Waals surface area (Å²) in [6, 6.07) is 21.8. The molecule has 0 fully saturated rings. The van der Waals surface area contributed by atoms with Crippen molar-refractivity contribution in [3.05, 3.63) is 191 Å². The molecule has 7 heterocycles. The van der Waals surface area contributed by atoms with Crippen LogP contribution in [0.4, 0.5) is 5.69 Å². The molecule has 0 bridgehead atoms. The summed E-state index contributed by atoms with van der Waals surface area (Å²) in [5.41, 5.74) is 13.8. The van der Waals surface area contributed by atoms with E-state index in [1.165, 1.54) is 32.9 Å². The zero-order valence-electron chi connectivity index (χ0n) is 49.9. The highest BCUT2D eigenvalue weighted by atomic mass is 35.5. The van der Waals surface area contributed by atoms with E-state index in [1.54, 1.807) is 91.8 Å². The van der Waals surface area contributed by atoms with Gasteiger partial charge in [0.05, 0.1) is 18.1 Å². The predicted octanol–water partition coefficient (Wildman–Crippen LogP) is 6.13. The minimum absolute atomic E-state index is 0. The molecule has 0 aliphatic rings. The Morgan fingerprint density at radius 1 is 0.557 bits per heavy atom. The molecular formula is C61H79ClN14O21. The van der Waals surface area contributed by atoms with Crippen LogP contribution in [-0.4, -0.2) is 116 Å². The first-order chi connectivity index (χ1) is 43.6. The Bertz CT molecular complexity index is 4080. The number of nitrogens with one attached hydrogen (secondary N) is 3. The molecule has 0 radical (unpaired) electrons. The Labute approximate surface area is 559 Å². The zero-order valence-corrected chi connectivity index (χ0v) is 50.7. The number of ether oxygens (including phenoxy) is 3. The first-order valence-corrected chi connectivity index (χ1v) is 25.6. The van der Waals surface area contributed by atoms with E-state index in [0.29, 0.717) is 58.5 Å².